The summed E-state index contributed by atoms with van der Waals surface area (Å²) in [5.74, 6) is 1.55. The molecule has 1 aromatic carbocycles. The minimum atomic E-state index is 0.571. The highest BCUT2D eigenvalue weighted by Gasteiger charge is 2.16. The van der Waals surface area contributed by atoms with Gasteiger partial charge in [-0.3, -0.25) is 0 Å². The molecule has 2 rings (SSSR count). The molecular formula is C14H18N2O2. The first-order chi connectivity index (χ1) is 8.67. The van der Waals surface area contributed by atoms with Gasteiger partial charge >= 0.3 is 0 Å². The smallest absolute Gasteiger partial charge is 0.173 e. The van der Waals surface area contributed by atoms with Gasteiger partial charge in [0.2, 0.25) is 0 Å². The quantitative estimate of drug-likeness (QED) is 0.900. The van der Waals surface area contributed by atoms with Gasteiger partial charge in [-0.1, -0.05) is 5.16 Å². The molecule has 4 nitrogen and oxygen atoms in total. The first-order valence-electron chi connectivity index (χ1n) is 5.96. The zero-order valence-electron chi connectivity index (χ0n) is 11.0. The van der Waals surface area contributed by atoms with Gasteiger partial charge in [0.15, 0.2) is 5.76 Å². The first kappa shape index (κ1) is 12.6. The average Bonchev–Trinajstić information content (AvgIpc) is 2.80. The van der Waals surface area contributed by atoms with Crippen LogP contribution in [0.5, 0.6) is 5.75 Å². The van der Waals surface area contributed by atoms with E-state index < -0.39 is 0 Å². The van der Waals surface area contributed by atoms with Crippen molar-refractivity contribution in [2.24, 2.45) is 5.73 Å². The number of hydrogen-bond acceptors (Lipinski definition) is 4. The van der Waals surface area contributed by atoms with Gasteiger partial charge in [0.1, 0.15) is 5.75 Å². The molecule has 0 aliphatic heterocycles. The summed E-state index contributed by atoms with van der Waals surface area (Å²) >= 11 is 0. The molecule has 0 fully saturated rings. The van der Waals surface area contributed by atoms with E-state index >= 15 is 0 Å². The van der Waals surface area contributed by atoms with Crippen molar-refractivity contribution in [3.05, 3.63) is 35.0 Å². The van der Waals surface area contributed by atoms with Crippen LogP contribution in [0, 0.1) is 13.8 Å². The van der Waals surface area contributed by atoms with E-state index in [-0.39, 0.29) is 0 Å². The highest BCUT2D eigenvalue weighted by atomic mass is 16.5. The second-order valence-electron chi connectivity index (χ2n) is 4.36. The van der Waals surface area contributed by atoms with Gasteiger partial charge in [-0.2, -0.15) is 0 Å². The zero-order valence-corrected chi connectivity index (χ0v) is 11.0. The molecule has 0 saturated heterocycles. The summed E-state index contributed by atoms with van der Waals surface area (Å²) in [6, 6.07) is 4.08. The number of methoxy groups -OCH3 is 1. The highest BCUT2D eigenvalue weighted by molar-refractivity contribution is 5.70. The van der Waals surface area contributed by atoms with Crippen molar-refractivity contribution < 1.29 is 9.26 Å². The third-order valence-corrected chi connectivity index (χ3v) is 3.12. The van der Waals surface area contributed by atoms with Crippen LogP contribution in [-0.2, 0) is 6.42 Å². The minimum Gasteiger partial charge on any atom is -0.496 e. The van der Waals surface area contributed by atoms with Crippen molar-refractivity contribution >= 4 is 0 Å². The number of ether oxygens (including phenoxy) is 1. The Hall–Kier alpha value is -1.81. The Balaban J connectivity index is 2.55. The van der Waals surface area contributed by atoms with Crippen LogP contribution in [0.2, 0.25) is 0 Å². The van der Waals surface area contributed by atoms with Crippen LogP contribution in [0.4, 0.5) is 0 Å². The topological polar surface area (TPSA) is 61.3 Å². The Bertz CT molecular complexity index is 547. The number of nitrogens with two attached hydrogens (primary N) is 1. The van der Waals surface area contributed by atoms with Crippen LogP contribution < -0.4 is 10.5 Å². The number of rotatable bonds is 4. The molecule has 1 heterocycles. The van der Waals surface area contributed by atoms with E-state index in [1.165, 1.54) is 11.1 Å². The first-order valence-corrected chi connectivity index (χ1v) is 5.96. The lowest BCUT2D eigenvalue weighted by Crippen LogP contribution is -2.03. The van der Waals surface area contributed by atoms with Crippen LogP contribution >= 0.6 is 0 Å². The van der Waals surface area contributed by atoms with Gasteiger partial charge < -0.3 is 15.0 Å². The fourth-order valence-electron chi connectivity index (χ4n) is 1.95. The number of nitrogens with zero attached hydrogens (tertiary/aromatic N) is 1. The molecule has 0 saturated carbocycles. The minimum absolute atomic E-state index is 0.571. The lowest BCUT2D eigenvalue weighted by Gasteiger charge is -2.10. The molecule has 0 spiro atoms. The normalized spacial score (nSPS) is 10.7. The number of aryl methyl sites for hydroxylation is 2. The SMILES string of the molecule is COc1cc(C)c(C)cc1-c1oncc1CCN. The molecular weight excluding hydrogens is 228 g/mol. The predicted octanol–water partition coefficient (Wildman–Crippen LogP) is 2.47. The van der Waals surface area contributed by atoms with Crippen molar-refractivity contribution in [1.29, 1.82) is 0 Å². The fraction of sp³-hybridized carbons (Fsp3) is 0.357. The molecule has 0 amide bonds. The fourth-order valence-corrected chi connectivity index (χ4v) is 1.95. The van der Waals surface area contributed by atoms with Crippen molar-refractivity contribution in [2.75, 3.05) is 13.7 Å². The largest absolute Gasteiger partial charge is 0.496 e. The molecule has 0 unspecified atom stereocenters. The molecule has 0 atom stereocenters. The third kappa shape index (κ3) is 2.24. The standard InChI is InChI=1S/C14H18N2O2/c1-9-6-12(13(17-3)7-10(9)2)14-11(4-5-15)8-16-18-14/h6-8H,4-5,15H2,1-3H3. The molecule has 2 aromatic rings. The van der Waals surface area contributed by atoms with E-state index in [9.17, 15) is 0 Å². The molecule has 4 heteroatoms. The Kier molecular flexibility index (Phi) is 3.67. The van der Waals surface area contributed by atoms with Crippen LogP contribution in [0.1, 0.15) is 16.7 Å². The van der Waals surface area contributed by atoms with Crippen molar-refractivity contribution in [3.63, 3.8) is 0 Å². The zero-order chi connectivity index (χ0) is 13.1. The lowest BCUT2D eigenvalue weighted by atomic mass is 10.0. The van der Waals surface area contributed by atoms with Crippen molar-refractivity contribution in [2.45, 2.75) is 20.3 Å². The number of benzene rings is 1. The molecule has 0 bridgehead atoms. The number of hydrogen-bond donors (Lipinski definition) is 1. The van der Waals surface area contributed by atoms with Gasteiger partial charge in [-0.15, -0.1) is 0 Å². The third-order valence-electron chi connectivity index (χ3n) is 3.12. The second-order valence-corrected chi connectivity index (χ2v) is 4.36. The van der Waals surface area contributed by atoms with E-state index in [4.69, 9.17) is 15.0 Å². The molecule has 0 aliphatic carbocycles. The van der Waals surface area contributed by atoms with Crippen LogP contribution in [-0.4, -0.2) is 18.8 Å². The van der Waals surface area contributed by atoms with E-state index in [1.54, 1.807) is 13.3 Å². The van der Waals surface area contributed by atoms with E-state index in [2.05, 4.69) is 25.1 Å². The Morgan fingerprint density at radius 3 is 2.67 bits per heavy atom. The predicted molar refractivity (Wildman–Crippen MR) is 70.7 cm³/mol. The molecule has 2 N–H and O–H groups in total. The van der Waals surface area contributed by atoms with Crippen LogP contribution in [0.3, 0.4) is 0 Å². The summed E-state index contributed by atoms with van der Waals surface area (Å²) in [5, 5.41) is 3.86. The average molecular weight is 246 g/mol. The molecule has 96 valence electrons. The van der Waals surface area contributed by atoms with Crippen LogP contribution in [0.15, 0.2) is 22.9 Å². The maximum atomic E-state index is 5.59. The van der Waals surface area contributed by atoms with Gasteiger partial charge in [0, 0.05) is 5.56 Å². The van der Waals surface area contributed by atoms with E-state index in [1.807, 2.05) is 6.07 Å². The van der Waals surface area contributed by atoms with Crippen molar-refractivity contribution in [3.8, 4) is 17.1 Å². The molecule has 0 radical (unpaired) electrons. The Morgan fingerprint density at radius 2 is 2.00 bits per heavy atom. The monoisotopic (exact) mass is 246 g/mol. The summed E-state index contributed by atoms with van der Waals surface area (Å²) in [7, 11) is 1.66. The van der Waals surface area contributed by atoms with E-state index in [0.717, 1.165) is 29.1 Å². The van der Waals surface area contributed by atoms with Crippen molar-refractivity contribution in [1.82, 2.24) is 5.16 Å². The molecule has 18 heavy (non-hydrogen) atoms. The van der Waals surface area contributed by atoms with Gasteiger partial charge in [-0.05, 0) is 50.1 Å². The summed E-state index contributed by atoms with van der Waals surface area (Å²) < 4.78 is 10.8. The number of aromatic nitrogens is 1. The summed E-state index contributed by atoms with van der Waals surface area (Å²) in [5.41, 5.74) is 9.92. The maximum Gasteiger partial charge on any atom is 0.173 e. The highest BCUT2D eigenvalue weighted by Crippen LogP contribution is 2.34. The lowest BCUT2D eigenvalue weighted by molar-refractivity contribution is 0.405. The van der Waals surface area contributed by atoms with Gasteiger partial charge in [0.05, 0.1) is 18.9 Å². The van der Waals surface area contributed by atoms with Gasteiger partial charge in [-0.25, -0.2) is 0 Å². The summed E-state index contributed by atoms with van der Waals surface area (Å²) in [4.78, 5) is 0. The van der Waals surface area contributed by atoms with Gasteiger partial charge in [0.25, 0.3) is 0 Å². The Morgan fingerprint density at radius 1 is 1.28 bits per heavy atom. The van der Waals surface area contributed by atoms with Crippen LogP contribution in [0.25, 0.3) is 11.3 Å². The maximum absolute atomic E-state index is 5.59. The Labute approximate surface area is 107 Å². The van der Waals surface area contributed by atoms with E-state index in [0.29, 0.717) is 6.54 Å². The summed E-state index contributed by atoms with van der Waals surface area (Å²) in [6.45, 7) is 4.70. The molecule has 0 aliphatic rings. The molecule has 1 aromatic heterocycles. The second kappa shape index (κ2) is 5.23. The summed E-state index contributed by atoms with van der Waals surface area (Å²) in [6.07, 6.45) is 2.46.